The maximum atomic E-state index is 5.59. The van der Waals surface area contributed by atoms with Crippen LogP contribution in [0.25, 0.3) is 0 Å². The van der Waals surface area contributed by atoms with Crippen LogP contribution in [-0.4, -0.2) is 39.0 Å². The molecule has 88 valence electrons. The van der Waals surface area contributed by atoms with E-state index >= 15 is 0 Å². The average molecular weight is 216 g/mol. The van der Waals surface area contributed by atoms with Gasteiger partial charge in [-0.25, -0.2) is 0 Å². The van der Waals surface area contributed by atoms with E-state index in [1.165, 1.54) is 0 Å². The van der Waals surface area contributed by atoms with Crippen LogP contribution in [0.5, 0.6) is 0 Å². The molecule has 2 saturated heterocycles. The maximum absolute atomic E-state index is 5.59. The third-order valence-corrected chi connectivity index (χ3v) is 2.79. The number of hydrogen-bond acceptors (Lipinski definition) is 4. The Balaban J connectivity index is 1.68. The summed E-state index contributed by atoms with van der Waals surface area (Å²) in [6.45, 7) is 7.15. The summed E-state index contributed by atoms with van der Waals surface area (Å²) in [4.78, 5) is 0. The second kappa shape index (κ2) is 5.25. The van der Waals surface area contributed by atoms with Crippen LogP contribution in [-0.2, 0) is 18.9 Å². The average Bonchev–Trinajstić information content (AvgIpc) is 2.25. The zero-order valence-corrected chi connectivity index (χ0v) is 9.48. The van der Waals surface area contributed by atoms with Crippen LogP contribution in [0.15, 0.2) is 0 Å². The summed E-state index contributed by atoms with van der Waals surface area (Å²) < 4.78 is 22.0. The van der Waals surface area contributed by atoms with Gasteiger partial charge >= 0.3 is 0 Å². The van der Waals surface area contributed by atoms with Crippen molar-refractivity contribution in [2.45, 2.75) is 32.8 Å². The van der Waals surface area contributed by atoms with Crippen molar-refractivity contribution in [1.82, 2.24) is 0 Å². The van der Waals surface area contributed by atoms with Gasteiger partial charge in [0, 0.05) is 18.3 Å². The van der Waals surface area contributed by atoms with E-state index in [1.54, 1.807) is 0 Å². The molecule has 0 aromatic rings. The van der Waals surface area contributed by atoms with Gasteiger partial charge in [0.05, 0.1) is 26.4 Å². The van der Waals surface area contributed by atoms with Crippen LogP contribution in [0.1, 0.15) is 20.3 Å². The van der Waals surface area contributed by atoms with E-state index in [0.29, 0.717) is 11.8 Å². The molecule has 2 aliphatic heterocycles. The van der Waals surface area contributed by atoms with Gasteiger partial charge in [-0.15, -0.1) is 0 Å². The standard InChI is InChI=1S/C11H20O4/c1-8-4-14-11(15-5-8)3-10-6-12-9(2)13-7-10/h8-11H,3-7H2,1-2H3. The van der Waals surface area contributed by atoms with Gasteiger partial charge in [-0.1, -0.05) is 6.92 Å². The zero-order chi connectivity index (χ0) is 10.7. The second-order valence-corrected chi connectivity index (χ2v) is 4.54. The molecule has 4 heteroatoms. The number of ether oxygens (including phenoxy) is 4. The zero-order valence-electron chi connectivity index (χ0n) is 9.48. The molecule has 2 aliphatic rings. The Morgan fingerprint density at radius 1 is 0.867 bits per heavy atom. The minimum atomic E-state index is -0.0631. The Morgan fingerprint density at radius 3 is 2.07 bits per heavy atom. The normalized spacial score (nSPS) is 42.8. The molecule has 0 radical (unpaired) electrons. The predicted octanol–water partition coefficient (Wildman–Crippen LogP) is 1.39. The molecule has 0 aromatic carbocycles. The quantitative estimate of drug-likeness (QED) is 0.699. The molecule has 0 N–H and O–H groups in total. The van der Waals surface area contributed by atoms with Crippen molar-refractivity contribution in [3.8, 4) is 0 Å². The fourth-order valence-electron chi connectivity index (χ4n) is 1.82. The van der Waals surface area contributed by atoms with Crippen molar-refractivity contribution in [1.29, 1.82) is 0 Å². The first kappa shape index (κ1) is 11.3. The molecule has 2 heterocycles. The first-order chi connectivity index (χ1) is 7.24. The first-order valence-corrected chi connectivity index (χ1v) is 5.70. The molecule has 0 amide bonds. The summed E-state index contributed by atoms with van der Waals surface area (Å²) in [5, 5.41) is 0. The van der Waals surface area contributed by atoms with Crippen LogP contribution in [0.3, 0.4) is 0 Å². The Hall–Kier alpha value is -0.160. The molecule has 0 spiro atoms. The van der Waals surface area contributed by atoms with Crippen molar-refractivity contribution in [2.75, 3.05) is 26.4 Å². The first-order valence-electron chi connectivity index (χ1n) is 5.70. The van der Waals surface area contributed by atoms with Crippen molar-refractivity contribution in [2.24, 2.45) is 11.8 Å². The van der Waals surface area contributed by atoms with Crippen molar-refractivity contribution in [3.05, 3.63) is 0 Å². The fraction of sp³-hybridized carbons (Fsp3) is 1.00. The lowest BCUT2D eigenvalue weighted by Crippen LogP contribution is -2.37. The summed E-state index contributed by atoms with van der Waals surface area (Å²) in [5.41, 5.74) is 0. The minimum absolute atomic E-state index is 0.0607. The highest BCUT2D eigenvalue weighted by Crippen LogP contribution is 2.21. The molecular weight excluding hydrogens is 196 g/mol. The van der Waals surface area contributed by atoms with E-state index in [0.717, 1.165) is 32.8 Å². The third kappa shape index (κ3) is 3.41. The van der Waals surface area contributed by atoms with E-state index in [-0.39, 0.29) is 12.6 Å². The molecular formula is C11H20O4. The van der Waals surface area contributed by atoms with Crippen molar-refractivity contribution < 1.29 is 18.9 Å². The largest absolute Gasteiger partial charge is 0.353 e. The molecule has 2 fully saturated rings. The van der Waals surface area contributed by atoms with E-state index in [9.17, 15) is 0 Å². The molecule has 0 aromatic heterocycles. The van der Waals surface area contributed by atoms with E-state index in [1.807, 2.05) is 6.92 Å². The SMILES string of the molecule is CC1COC(CC2COC(C)OC2)OC1. The molecule has 0 aliphatic carbocycles. The molecule has 0 atom stereocenters. The third-order valence-electron chi connectivity index (χ3n) is 2.79. The van der Waals surface area contributed by atoms with Crippen LogP contribution in [0, 0.1) is 11.8 Å². The van der Waals surface area contributed by atoms with Crippen molar-refractivity contribution >= 4 is 0 Å². The predicted molar refractivity (Wildman–Crippen MR) is 54.3 cm³/mol. The summed E-state index contributed by atoms with van der Waals surface area (Å²) in [6, 6.07) is 0. The summed E-state index contributed by atoms with van der Waals surface area (Å²) in [7, 11) is 0. The highest BCUT2D eigenvalue weighted by atomic mass is 16.7. The van der Waals surface area contributed by atoms with Gasteiger partial charge in [0.25, 0.3) is 0 Å². The smallest absolute Gasteiger partial charge is 0.158 e. The lowest BCUT2D eigenvalue weighted by atomic mass is 10.1. The molecule has 2 rings (SSSR count). The van der Waals surface area contributed by atoms with E-state index in [2.05, 4.69) is 6.92 Å². The van der Waals surface area contributed by atoms with Crippen molar-refractivity contribution in [3.63, 3.8) is 0 Å². The highest BCUT2D eigenvalue weighted by molar-refractivity contribution is 4.66. The summed E-state index contributed by atoms with van der Waals surface area (Å²) in [5.74, 6) is 0.916. The molecule has 15 heavy (non-hydrogen) atoms. The molecule has 0 unspecified atom stereocenters. The Morgan fingerprint density at radius 2 is 1.47 bits per heavy atom. The van der Waals surface area contributed by atoms with Crippen LogP contribution < -0.4 is 0 Å². The monoisotopic (exact) mass is 216 g/mol. The van der Waals surface area contributed by atoms with Crippen LogP contribution >= 0.6 is 0 Å². The fourth-order valence-corrected chi connectivity index (χ4v) is 1.82. The second-order valence-electron chi connectivity index (χ2n) is 4.54. The Kier molecular flexibility index (Phi) is 3.97. The van der Waals surface area contributed by atoms with Gasteiger partial charge in [0.15, 0.2) is 12.6 Å². The molecule has 0 bridgehead atoms. The van der Waals surface area contributed by atoms with Gasteiger partial charge in [-0.05, 0) is 6.92 Å². The molecule has 4 nitrogen and oxygen atoms in total. The summed E-state index contributed by atoms with van der Waals surface area (Å²) >= 11 is 0. The van der Waals surface area contributed by atoms with Gasteiger partial charge in [0.2, 0.25) is 0 Å². The lowest BCUT2D eigenvalue weighted by Gasteiger charge is -2.32. The molecule has 0 saturated carbocycles. The van der Waals surface area contributed by atoms with E-state index in [4.69, 9.17) is 18.9 Å². The Bertz CT molecular complexity index is 161. The minimum Gasteiger partial charge on any atom is -0.353 e. The summed E-state index contributed by atoms with van der Waals surface area (Å²) in [6.07, 6.45) is 0.751. The van der Waals surface area contributed by atoms with Gasteiger partial charge in [-0.2, -0.15) is 0 Å². The topological polar surface area (TPSA) is 36.9 Å². The van der Waals surface area contributed by atoms with Gasteiger partial charge < -0.3 is 18.9 Å². The van der Waals surface area contributed by atoms with Crippen LogP contribution in [0.4, 0.5) is 0 Å². The lowest BCUT2D eigenvalue weighted by molar-refractivity contribution is -0.232. The highest BCUT2D eigenvalue weighted by Gasteiger charge is 2.26. The Labute approximate surface area is 90.8 Å². The number of hydrogen-bond donors (Lipinski definition) is 0. The van der Waals surface area contributed by atoms with Gasteiger partial charge in [0.1, 0.15) is 0 Å². The van der Waals surface area contributed by atoms with Crippen LogP contribution in [0.2, 0.25) is 0 Å². The van der Waals surface area contributed by atoms with E-state index < -0.39 is 0 Å². The maximum Gasteiger partial charge on any atom is 0.158 e. The number of rotatable bonds is 2. The van der Waals surface area contributed by atoms with Gasteiger partial charge in [-0.3, -0.25) is 0 Å².